The van der Waals surface area contributed by atoms with Gasteiger partial charge in [-0.25, -0.2) is 0 Å². The number of benzene rings is 1. The summed E-state index contributed by atoms with van der Waals surface area (Å²) < 4.78 is 0. The molecule has 2 unspecified atom stereocenters. The van der Waals surface area contributed by atoms with Crippen molar-refractivity contribution in [1.82, 2.24) is 0 Å². The first-order valence-electron chi connectivity index (χ1n) is 5.33. The number of rotatable bonds is 0. The molecule has 1 heteroatoms. The van der Waals surface area contributed by atoms with Crippen LogP contribution in [0.15, 0.2) is 48.6 Å². The minimum Gasteiger partial charge on any atom is -0.293 e. The molecule has 1 nitrogen and oxygen atoms in total. The Morgan fingerprint density at radius 2 is 1.87 bits per heavy atom. The predicted molar refractivity (Wildman–Crippen MR) is 59.7 cm³/mol. The average molecular weight is 196 g/mol. The zero-order valence-corrected chi connectivity index (χ0v) is 8.39. The summed E-state index contributed by atoms with van der Waals surface area (Å²) in [4.78, 5) is 12.2. The number of Topliss-reactive ketones (excluding diaryl/α,β-unsaturated/α-hetero) is 1. The Morgan fingerprint density at radius 3 is 2.80 bits per heavy atom. The van der Waals surface area contributed by atoms with Gasteiger partial charge in [0.1, 0.15) is 0 Å². The summed E-state index contributed by atoms with van der Waals surface area (Å²) in [6.07, 6.45) is 9.20. The van der Waals surface area contributed by atoms with E-state index in [1.165, 1.54) is 5.56 Å². The molecule has 0 fully saturated rings. The van der Waals surface area contributed by atoms with Crippen molar-refractivity contribution in [2.45, 2.75) is 6.42 Å². The van der Waals surface area contributed by atoms with Gasteiger partial charge in [-0.05, 0) is 17.9 Å². The molecule has 0 amide bonds. The van der Waals surface area contributed by atoms with E-state index in [2.05, 4.69) is 12.1 Å². The van der Waals surface area contributed by atoms with Gasteiger partial charge in [0.25, 0.3) is 0 Å². The molecule has 0 saturated heterocycles. The molecule has 0 spiro atoms. The maximum absolute atomic E-state index is 12.2. The molecular formula is C14H12O. The van der Waals surface area contributed by atoms with Crippen LogP contribution in [-0.2, 0) is 6.42 Å². The first-order chi connectivity index (χ1) is 7.36. The van der Waals surface area contributed by atoms with Gasteiger partial charge in [-0.15, -0.1) is 0 Å². The zero-order chi connectivity index (χ0) is 10.3. The van der Waals surface area contributed by atoms with E-state index in [0.717, 1.165) is 12.0 Å². The van der Waals surface area contributed by atoms with Gasteiger partial charge >= 0.3 is 0 Å². The lowest BCUT2D eigenvalue weighted by Crippen LogP contribution is -2.29. The van der Waals surface area contributed by atoms with E-state index in [1.807, 2.05) is 36.4 Å². The number of hydrogen-bond acceptors (Lipinski definition) is 1. The molecule has 1 aromatic carbocycles. The lowest BCUT2D eigenvalue weighted by Gasteiger charge is -2.29. The van der Waals surface area contributed by atoms with Crippen molar-refractivity contribution < 1.29 is 4.79 Å². The van der Waals surface area contributed by atoms with Crippen LogP contribution in [0.3, 0.4) is 0 Å². The van der Waals surface area contributed by atoms with Gasteiger partial charge in [-0.1, -0.05) is 48.6 Å². The second-order valence-electron chi connectivity index (χ2n) is 4.18. The third kappa shape index (κ3) is 1.27. The van der Waals surface area contributed by atoms with Gasteiger partial charge in [-0.3, -0.25) is 4.79 Å². The molecule has 2 atom stereocenters. The minimum absolute atomic E-state index is 0.0740. The molecule has 0 heterocycles. The maximum Gasteiger partial charge on any atom is 0.170 e. The summed E-state index contributed by atoms with van der Waals surface area (Å²) >= 11 is 0. The normalized spacial score (nSPS) is 27.3. The van der Waals surface area contributed by atoms with Crippen molar-refractivity contribution >= 4 is 5.78 Å². The van der Waals surface area contributed by atoms with E-state index in [4.69, 9.17) is 0 Å². The van der Waals surface area contributed by atoms with E-state index >= 15 is 0 Å². The molecular weight excluding hydrogens is 184 g/mol. The molecule has 2 aliphatic carbocycles. The van der Waals surface area contributed by atoms with Crippen LogP contribution in [0.2, 0.25) is 0 Å². The predicted octanol–water partition coefficient (Wildman–Crippen LogP) is 2.78. The fraction of sp³-hybridized carbons (Fsp3) is 0.214. The molecule has 0 aliphatic heterocycles. The van der Waals surface area contributed by atoms with E-state index < -0.39 is 0 Å². The van der Waals surface area contributed by atoms with Crippen molar-refractivity contribution in [2.75, 3.05) is 0 Å². The fourth-order valence-corrected chi connectivity index (χ4v) is 2.50. The van der Waals surface area contributed by atoms with Gasteiger partial charge in [0.05, 0.1) is 0 Å². The van der Waals surface area contributed by atoms with Gasteiger partial charge in [0.2, 0.25) is 0 Å². The monoisotopic (exact) mass is 196 g/mol. The third-order valence-electron chi connectivity index (χ3n) is 3.29. The van der Waals surface area contributed by atoms with Crippen molar-refractivity contribution in [3.8, 4) is 0 Å². The quantitative estimate of drug-likeness (QED) is 0.623. The summed E-state index contributed by atoms with van der Waals surface area (Å²) in [5.41, 5.74) is 2.11. The lowest BCUT2D eigenvalue weighted by atomic mass is 9.73. The Balaban J connectivity index is 2.11. The zero-order valence-electron chi connectivity index (χ0n) is 8.39. The van der Waals surface area contributed by atoms with E-state index in [0.29, 0.717) is 5.92 Å². The van der Waals surface area contributed by atoms with Crippen LogP contribution in [0.25, 0.3) is 0 Å². The van der Waals surface area contributed by atoms with Crippen LogP contribution < -0.4 is 0 Å². The highest BCUT2D eigenvalue weighted by molar-refractivity contribution is 6.01. The summed E-state index contributed by atoms with van der Waals surface area (Å²) in [5, 5.41) is 0. The first kappa shape index (κ1) is 8.66. The number of hydrogen-bond donors (Lipinski definition) is 0. The van der Waals surface area contributed by atoms with Crippen LogP contribution in [0.4, 0.5) is 0 Å². The third-order valence-corrected chi connectivity index (χ3v) is 3.29. The Labute approximate surface area is 89.1 Å². The number of allylic oxidation sites excluding steroid dienone is 4. The van der Waals surface area contributed by atoms with Crippen molar-refractivity contribution in [1.29, 1.82) is 0 Å². The summed E-state index contributed by atoms with van der Waals surface area (Å²) in [7, 11) is 0. The Morgan fingerprint density at radius 1 is 1.07 bits per heavy atom. The summed E-state index contributed by atoms with van der Waals surface area (Å²) in [6.45, 7) is 0. The van der Waals surface area contributed by atoms with Gasteiger partial charge in [0.15, 0.2) is 5.78 Å². The number of carbonyl (C=O) groups excluding carboxylic acids is 1. The Bertz CT molecular complexity index is 468. The highest BCUT2D eigenvalue weighted by Gasteiger charge is 2.32. The van der Waals surface area contributed by atoms with Gasteiger partial charge < -0.3 is 0 Å². The second-order valence-corrected chi connectivity index (χ2v) is 4.18. The largest absolute Gasteiger partial charge is 0.293 e. The smallest absolute Gasteiger partial charge is 0.170 e. The Hall–Kier alpha value is -1.63. The van der Waals surface area contributed by atoms with Crippen LogP contribution in [0, 0.1) is 11.8 Å². The average Bonchev–Trinajstić information content (AvgIpc) is 2.30. The molecule has 3 rings (SSSR count). The SMILES string of the molecule is O=C1c2ccccc2CC2C=CC=CC12. The molecule has 0 bridgehead atoms. The molecule has 0 N–H and O–H groups in total. The molecule has 0 aromatic heterocycles. The molecule has 74 valence electrons. The van der Waals surface area contributed by atoms with Gasteiger partial charge in [0, 0.05) is 11.5 Å². The molecule has 0 saturated carbocycles. The van der Waals surface area contributed by atoms with E-state index in [1.54, 1.807) is 0 Å². The van der Waals surface area contributed by atoms with Crippen LogP contribution in [0.1, 0.15) is 15.9 Å². The second kappa shape index (κ2) is 3.20. The number of ketones is 1. The van der Waals surface area contributed by atoms with Gasteiger partial charge in [-0.2, -0.15) is 0 Å². The molecule has 2 aliphatic rings. The highest BCUT2D eigenvalue weighted by Crippen LogP contribution is 2.33. The van der Waals surface area contributed by atoms with Crippen molar-refractivity contribution in [3.05, 3.63) is 59.7 Å². The summed E-state index contributed by atoms with van der Waals surface area (Å²) in [6, 6.07) is 7.96. The highest BCUT2D eigenvalue weighted by atomic mass is 16.1. The number of carbonyl (C=O) groups is 1. The molecule has 15 heavy (non-hydrogen) atoms. The Kier molecular flexibility index (Phi) is 1.84. The first-order valence-corrected chi connectivity index (χ1v) is 5.33. The maximum atomic E-state index is 12.2. The van der Waals surface area contributed by atoms with E-state index in [9.17, 15) is 4.79 Å². The van der Waals surface area contributed by atoms with E-state index in [-0.39, 0.29) is 11.7 Å². The van der Waals surface area contributed by atoms with Crippen LogP contribution in [-0.4, -0.2) is 5.78 Å². The lowest BCUT2D eigenvalue weighted by molar-refractivity contribution is 0.0908. The van der Waals surface area contributed by atoms with Crippen LogP contribution in [0.5, 0.6) is 0 Å². The number of fused-ring (bicyclic) bond motifs is 2. The molecule has 0 radical (unpaired) electrons. The topological polar surface area (TPSA) is 17.1 Å². The minimum atomic E-state index is 0.0740. The van der Waals surface area contributed by atoms with Crippen molar-refractivity contribution in [2.24, 2.45) is 11.8 Å². The van der Waals surface area contributed by atoms with Crippen LogP contribution >= 0.6 is 0 Å². The standard InChI is InChI=1S/C14H12O/c15-14-12-7-3-1-5-10(12)9-11-6-2-4-8-13(11)14/h1-8,10,12H,9H2. The summed E-state index contributed by atoms with van der Waals surface area (Å²) in [5.74, 6) is 0.727. The molecule has 1 aromatic rings. The van der Waals surface area contributed by atoms with Crippen molar-refractivity contribution in [3.63, 3.8) is 0 Å². The fourth-order valence-electron chi connectivity index (χ4n) is 2.50.